The van der Waals surface area contributed by atoms with E-state index in [1.807, 2.05) is 6.07 Å². The number of benzene rings is 1. The molecule has 33 heavy (non-hydrogen) atoms. The van der Waals surface area contributed by atoms with Crippen LogP contribution in [0.2, 0.25) is 0 Å². The van der Waals surface area contributed by atoms with Crippen molar-refractivity contribution in [2.75, 3.05) is 30.4 Å². The minimum absolute atomic E-state index is 0.320. The molecule has 3 aromatic rings. The zero-order valence-electron chi connectivity index (χ0n) is 18.6. The van der Waals surface area contributed by atoms with Gasteiger partial charge in [0, 0.05) is 18.5 Å². The van der Waals surface area contributed by atoms with Gasteiger partial charge in [0.1, 0.15) is 11.2 Å². The van der Waals surface area contributed by atoms with Crippen molar-refractivity contribution in [1.29, 1.82) is 0 Å². The summed E-state index contributed by atoms with van der Waals surface area (Å²) in [7, 11) is 1.55. The normalized spacial score (nSPS) is 16.2. The lowest BCUT2D eigenvalue weighted by Gasteiger charge is -2.32. The second-order valence-corrected chi connectivity index (χ2v) is 8.25. The van der Waals surface area contributed by atoms with Gasteiger partial charge in [0.15, 0.2) is 5.82 Å². The van der Waals surface area contributed by atoms with Gasteiger partial charge in [-0.15, -0.1) is 5.10 Å². The van der Waals surface area contributed by atoms with Gasteiger partial charge in [-0.05, 0) is 50.5 Å². The molecule has 10 heteroatoms. The van der Waals surface area contributed by atoms with Crippen LogP contribution in [0.15, 0.2) is 30.3 Å². The zero-order valence-corrected chi connectivity index (χ0v) is 18.6. The van der Waals surface area contributed by atoms with E-state index in [1.54, 1.807) is 27.0 Å². The number of anilines is 2. The molecule has 1 aromatic carbocycles. The Hall–Kier alpha value is -3.14. The fourth-order valence-electron chi connectivity index (χ4n) is 4.03. The first-order valence-corrected chi connectivity index (χ1v) is 10.8. The number of alkyl halides is 3. The van der Waals surface area contributed by atoms with Crippen molar-refractivity contribution in [2.24, 2.45) is 0 Å². The molecule has 0 bridgehead atoms. The standard InChI is InChI=1S/C23H26F3N5O2/c1-13(15-5-4-6-16(11-15)23(24,25)26)27-21-18-12-19(31-9-7-17(32)8-10-31)22(33-3)28-20(18)14(2)29-30-21/h4-6,11-13,17,32H,7-10H2,1-3H3,(H,27,30)/t13-/m1/s1. The molecule has 0 radical (unpaired) electrons. The van der Waals surface area contributed by atoms with Crippen LogP contribution in [0.4, 0.5) is 24.7 Å². The molecule has 176 valence electrons. The van der Waals surface area contributed by atoms with E-state index in [9.17, 15) is 18.3 Å². The Morgan fingerprint density at radius 2 is 1.91 bits per heavy atom. The lowest BCUT2D eigenvalue weighted by atomic mass is 10.0. The molecule has 1 aliphatic rings. The number of halogens is 3. The molecule has 2 N–H and O–H groups in total. The van der Waals surface area contributed by atoms with Crippen molar-refractivity contribution >= 4 is 22.4 Å². The SMILES string of the molecule is COc1nc2c(C)nnc(N[C@H](C)c3cccc(C(F)(F)F)c3)c2cc1N1CCC(O)CC1. The molecule has 4 rings (SSSR count). The Morgan fingerprint density at radius 1 is 1.18 bits per heavy atom. The highest BCUT2D eigenvalue weighted by Crippen LogP contribution is 2.36. The van der Waals surface area contributed by atoms with E-state index in [1.165, 1.54) is 6.07 Å². The van der Waals surface area contributed by atoms with Crippen molar-refractivity contribution in [3.8, 4) is 5.88 Å². The molecule has 0 spiro atoms. The van der Waals surface area contributed by atoms with Gasteiger partial charge in [-0.25, -0.2) is 4.98 Å². The van der Waals surface area contributed by atoms with Gasteiger partial charge in [-0.3, -0.25) is 0 Å². The lowest BCUT2D eigenvalue weighted by molar-refractivity contribution is -0.137. The van der Waals surface area contributed by atoms with Gasteiger partial charge in [0.05, 0.1) is 30.5 Å². The zero-order chi connectivity index (χ0) is 23.8. The van der Waals surface area contributed by atoms with Crippen LogP contribution in [0.1, 0.15) is 42.6 Å². The first-order valence-electron chi connectivity index (χ1n) is 10.8. The fourth-order valence-corrected chi connectivity index (χ4v) is 4.03. The predicted octanol–water partition coefficient (Wildman–Crippen LogP) is 4.49. The molecule has 0 aliphatic carbocycles. The minimum Gasteiger partial charge on any atom is -0.480 e. The van der Waals surface area contributed by atoms with E-state index in [0.717, 1.165) is 17.8 Å². The highest BCUT2D eigenvalue weighted by atomic mass is 19.4. The summed E-state index contributed by atoms with van der Waals surface area (Å²) in [5.41, 5.74) is 1.77. The second-order valence-electron chi connectivity index (χ2n) is 8.25. The number of nitrogens with one attached hydrogen (secondary N) is 1. The third-order valence-electron chi connectivity index (χ3n) is 5.93. The second kappa shape index (κ2) is 9.01. The molecule has 2 aromatic heterocycles. The summed E-state index contributed by atoms with van der Waals surface area (Å²) in [4.78, 5) is 6.76. The Kier molecular flexibility index (Phi) is 6.29. The van der Waals surface area contributed by atoms with E-state index in [-0.39, 0.29) is 6.10 Å². The number of methoxy groups -OCH3 is 1. The van der Waals surface area contributed by atoms with Crippen LogP contribution in [0.3, 0.4) is 0 Å². The quantitative estimate of drug-likeness (QED) is 0.579. The Bertz CT molecular complexity index is 1150. The Labute approximate surface area is 189 Å². The van der Waals surface area contributed by atoms with E-state index >= 15 is 0 Å². The molecule has 0 unspecified atom stereocenters. The van der Waals surface area contributed by atoms with Gasteiger partial charge in [0.25, 0.3) is 0 Å². The first-order chi connectivity index (χ1) is 15.7. The maximum absolute atomic E-state index is 13.1. The summed E-state index contributed by atoms with van der Waals surface area (Å²) in [6, 6.07) is 6.68. The number of aromatic nitrogens is 3. The monoisotopic (exact) mass is 461 g/mol. The summed E-state index contributed by atoms with van der Waals surface area (Å²) in [5, 5.41) is 22.2. The average Bonchev–Trinajstić information content (AvgIpc) is 2.80. The number of piperidine rings is 1. The van der Waals surface area contributed by atoms with E-state index in [4.69, 9.17) is 4.74 Å². The van der Waals surface area contributed by atoms with Crippen LogP contribution in [-0.4, -0.2) is 46.6 Å². The molecule has 1 aliphatic heterocycles. The number of fused-ring (bicyclic) bond motifs is 1. The van der Waals surface area contributed by atoms with E-state index in [0.29, 0.717) is 59.8 Å². The van der Waals surface area contributed by atoms with Crippen molar-refractivity contribution in [3.05, 3.63) is 47.2 Å². The smallest absolute Gasteiger partial charge is 0.416 e. The van der Waals surface area contributed by atoms with Crippen molar-refractivity contribution in [2.45, 2.75) is 45.0 Å². The minimum atomic E-state index is -4.41. The highest BCUT2D eigenvalue weighted by molar-refractivity contribution is 5.93. The van der Waals surface area contributed by atoms with Gasteiger partial charge in [-0.1, -0.05) is 12.1 Å². The number of hydrogen-bond donors (Lipinski definition) is 2. The van der Waals surface area contributed by atoms with Crippen LogP contribution >= 0.6 is 0 Å². The third kappa shape index (κ3) is 4.80. The van der Waals surface area contributed by atoms with Crippen LogP contribution in [0, 0.1) is 6.92 Å². The predicted molar refractivity (Wildman–Crippen MR) is 120 cm³/mol. The van der Waals surface area contributed by atoms with Gasteiger partial charge < -0.3 is 20.1 Å². The molecular formula is C23H26F3N5O2. The van der Waals surface area contributed by atoms with E-state index in [2.05, 4.69) is 25.4 Å². The summed E-state index contributed by atoms with van der Waals surface area (Å²) in [6.07, 6.45) is -3.44. The number of pyridine rings is 1. The summed E-state index contributed by atoms with van der Waals surface area (Å²) in [6.45, 7) is 4.88. The first kappa shape index (κ1) is 23.0. The number of aliphatic hydroxyl groups is 1. The van der Waals surface area contributed by atoms with Crippen LogP contribution < -0.4 is 15.0 Å². The largest absolute Gasteiger partial charge is 0.480 e. The molecule has 0 saturated carbocycles. The lowest BCUT2D eigenvalue weighted by Crippen LogP contribution is -2.36. The maximum atomic E-state index is 13.1. The van der Waals surface area contributed by atoms with Crippen molar-refractivity contribution in [3.63, 3.8) is 0 Å². The highest BCUT2D eigenvalue weighted by Gasteiger charge is 2.31. The number of hydrogen-bond acceptors (Lipinski definition) is 7. The molecule has 7 nitrogen and oxygen atoms in total. The third-order valence-corrected chi connectivity index (χ3v) is 5.93. The van der Waals surface area contributed by atoms with Gasteiger partial charge >= 0.3 is 6.18 Å². The molecule has 1 saturated heterocycles. The van der Waals surface area contributed by atoms with E-state index < -0.39 is 17.8 Å². The van der Waals surface area contributed by atoms with Gasteiger partial charge in [-0.2, -0.15) is 18.3 Å². The fraction of sp³-hybridized carbons (Fsp3) is 0.435. The average molecular weight is 461 g/mol. The van der Waals surface area contributed by atoms with Crippen molar-refractivity contribution in [1.82, 2.24) is 15.2 Å². The number of aliphatic hydroxyl groups excluding tert-OH is 1. The molecule has 1 fully saturated rings. The van der Waals surface area contributed by atoms with Crippen LogP contribution in [0.5, 0.6) is 5.88 Å². The number of rotatable bonds is 5. The number of nitrogens with zero attached hydrogens (tertiary/aromatic N) is 4. The Balaban J connectivity index is 1.72. The van der Waals surface area contributed by atoms with Crippen LogP contribution in [-0.2, 0) is 6.18 Å². The van der Waals surface area contributed by atoms with Crippen LogP contribution in [0.25, 0.3) is 10.9 Å². The molecule has 3 heterocycles. The topological polar surface area (TPSA) is 83.4 Å². The summed E-state index contributed by atoms with van der Waals surface area (Å²) in [5.74, 6) is 0.876. The Morgan fingerprint density at radius 3 is 2.58 bits per heavy atom. The van der Waals surface area contributed by atoms with Gasteiger partial charge in [0.2, 0.25) is 5.88 Å². The molecular weight excluding hydrogens is 435 g/mol. The molecule has 0 amide bonds. The summed E-state index contributed by atoms with van der Waals surface area (Å²) >= 11 is 0. The number of ether oxygens (including phenoxy) is 1. The number of aryl methyl sites for hydroxylation is 1. The maximum Gasteiger partial charge on any atom is 0.416 e. The van der Waals surface area contributed by atoms with Crippen molar-refractivity contribution < 1.29 is 23.0 Å². The summed E-state index contributed by atoms with van der Waals surface area (Å²) < 4.78 is 45.0. The molecule has 1 atom stereocenters.